The summed E-state index contributed by atoms with van der Waals surface area (Å²) in [6.45, 7) is 5.07. The van der Waals surface area contributed by atoms with Crippen molar-refractivity contribution in [3.05, 3.63) is 106 Å². The second-order valence-corrected chi connectivity index (χ2v) is 12.4. The van der Waals surface area contributed by atoms with Gasteiger partial charge in [-0.1, -0.05) is 68.4 Å². The standard InChI is InChI=1S/C34H33N5O2S2/c1-3-5-9-20-41-28-16-12-25(13-17-28)32-35-34-39(37-32)33(40)30(43-34)22-26-23-38(27-10-7-6-8-11-27)36-31(26)24-14-18-29(19-15-24)42-21-4-2/h6-8,10-19,22-23H,3-5,9,20-21H2,1-2H3. The van der Waals surface area contributed by atoms with Crippen LogP contribution in [-0.2, 0) is 0 Å². The minimum atomic E-state index is -0.195. The van der Waals surface area contributed by atoms with Crippen molar-refractivity contribution >= 4 is 34.1 Å². The predicted molar refractivity (Wildman–Crippen MR) is 176 cm³/mol. The third-order valence-corrected chi connectivity index (χ3v) is 9.14. The quantitative estimate of drug-likeness (QED) is 0.107. The van der Waals surface area contributed by atoms with Gasteiger partial charge >= 0.3 is 0 Å². The van der Waals surface area contributed by atoms with E-state index in [2.05, 4.69) is 48.2 Å². The Balaban J connectivity index is 1.32. The molecule has 7 nitrogen and oxygen atoms in total. The van der Waals surface area contributed by atoms with Crippen molar-refractivity contribution in [2.45, 2.75) is 44.4 Å². The molecule has 0 unspecified atom stereocenters. The van der Waals surface area contributed by atoms with Gasteiger partial charge in [-0.15, -0.1) is 16.9 Å². The maximum absolute atomic E-state index is 13.5. The van der Waals surface area contributed by atoms with Crippen LogP contribution in [0.15, 0.2) is 94.7 Å². The van der Waals surface area contributed by atoms with Crippen LogP contribution in [0.1, 0.15) is 45.1 Å². The molecule has 0 aliphatic carbocycles. The molecular weight excluding hydrogens is 575 g/mol. The topological polar surface area (TPSA) is 74.3 Å². The molecule has 0 radical (unpaired) electrons. The smallest absolute Gasteiger partial charge is 0.291 e. The number of nitrogens with zero attached hydrogens (tertiary/aromatic N) is 5. The number of benzene rings is 3. The van der Waals surface area contributed by atoms with Crippen molar-refractivity contribution in [1.29, 1.82) is 0 Å². The molecule has 3 heterocycles. The van der Waals surface area contributed by atoms with Gasteiger partial charge in [-0.25, -0.2) is 4.68 Å². The summed E-state index contributed by atoms with van der Waals surface area (Å²) in [4.78, 5) is 19.9. The predicted octanol–water partition coefficient (Wildman–Crippen LogP) is 7.29. The van der Waals surface area contributed by atoms with Crippen LogP contribution in [0.3, 0.4) is 0 Å². The van der Waals surface area contributed by atoms with Crippen LogP contribution in [0.2, 0.25) is 0 Å². The molecule has 0 N–H and O–H groups in total. The van der Waals surface area contributed by atoms with E-state index in [-0.39, 0.29) is 5.56 Å². The van der Waals surface area contributed by atoms with Gasteiger partial charge in [-0.05, 0) is 73.2 Å². The summed E-state index contributed by atoms with van der Waals surface area (Å²) in [5.74, 6) is 2.43. The van der Waals surface area contributed by atoms with E-state index in [4.69, 9.17) is 9.84 Å². The van der Waals surface area contributed by atoms with Crippen LogP contribution in [-0.4, -0.2) is 36.7 Å². The fourth-order valence-corrected chi connectivity index (χ4v) is 6.37. The summed E-state index contributed by atoms with van der Waals surface area (Å²) in [6.07, 6.45) is 8.36. The highest BCUT2D eigenvalue weighted by atomic mass is 32.2. The first kappa shape index (κ1) is 28.9. The van der Waals surface area contributed by atoms with Gasteiger partial charge in [0.05, 0.1) is 22.5 Å². The Labute approximate surface area is 258 Å². The molecule has 3 aromatic heterocycles. The van der Waals surface area contributed by atoms with Crippen LogP contribution in [0, 0.1) is 0 Å². The van der Waals surface area contributed by atoms with Crippen molar-refractivity contribution in [2.75, 3.05) is 12.4 Å². The molecule has 0 bridgehead atoms. The molecule has 3 aromatic carbocycles. The molecule has 0 aliphatic heterocycles. The zero-order chi connectivity index (χ0) is 29.6. The number of aromatic nitrogens is 5. The van der Waals surface area contributed by atoms with Crippen molar-refractivity contribution < 1.29 is 4.74 Å². The Kier molecular flexibility index (Phi) is 9.00. The van der Waals surface area contributed by atoms with Gasteiger partial charge in [-0.3, -0.25) is 4.79 Å². The fraction of sp³-hybridized carbons (Fsp3) is 0.235. The van der Waals surface area contributed by atoms with Gasteiger partial charge in [0.2, 0.25) is 4.96 Å². The average molecular weight is 608 g/mol. The number of hydrogen-bond donors (Lipinski definition) is 0. The number of thiazole rings is 1. The molecular formula is C34H33N5O2S2. The molecule has 0 spiro atoms. The Morgan fingerprint density at radius 2 is 1.65 bits per heavy atom. The maximum atomic E-state index is 13.5. The summed E-state index contributed by atoms with van der Waals surface area (Å²) in [6, 6.07) is 26.2. The lowest BCUT2D eigenvalue weighted by atomic mass is 10.1. The molecule has 43 heavy (non-hydrogen) atoms. The van der Waals surface area contributed by atoms with Crippen LogP contribution in [0.25, 0.3) is 39.4 Å². The molecule has 0 aliphatic rings. The highest BCUT2D eigenvalue weighted by Gasteiger charge is 2.15. The van der Waals surface area contributed by atoms with Crippen LogP contribution < -0.4 is 14.8 Å². The number of thioether (sulfide) groups is 1. The van der Waals surface area contributed by atoms with E-state index in [0.717, 1.165) is 65.3 Å². The second kappa shape index (κ2) is 13.4. The first-order valence-electron chi connectivity index (χ1n) is 14.7. The van der Waals surface area contributed by atoms with Gasteiger partial charge in [-0.2, -0.15) is 14.6 Å². The van der Waals surface area contributed by atoms with Crippen LogP contribution in [0.5, 0.6) is 5.75 Å². The number of fused-ring (bicyclic) bond motifs is 1. The highest BCUT2D eigenvalue weighted by molar-refractivity contribution is 7.99. The van der Waals surface area contributed by atoms with Crippen molar-refractivity contribution in [2.24, 2.45) is 0 Å². The normalized spacial score (nSPS) is 11.9. The Morgan fingerprint density at radius 1 is 0.884 bits per heavy atom. The number of rotatable bonds is 12. The first-order valence-corrected chi connectivity index (χ1v) is 16.5. The molecule has 0 saturated heterocycles. The van der Waals surface area contributed by atoms with E-state index in [1.165, 1.54) is 20.7 Å². The lowest BCUT2D eigenvalue weighted by molar-refractivity contribution is 0.306. The molecule has 0 saturated carbocycles. The molecule has 6 aromatic rings. The summed E-state index contributed by atoms with van der Waals surface area (Å²) in [7, 11) is 0. The third kappa shape index (κ3) is 6.58. The number of para-hydroxylation sites is 1. The lowest BCUT2D eigenvalue weighted by Crippen LogP contribution is -2.23. The molecule has 0 atom stereocenters. The Morgan fingerprint density at radius 3 is 2.37 bits per heavy atom. The molecule has 6 rings (SSSR count). The second-order valence-electron chi connectivity index (χ2n) is 10.2. The number of ether oxygens (including phenoxy) is 1. The zero-order valence-electron chi connectivity index (χ0n) is 24.3. The van der Waals surface area contributed by atoms with Gasteiger partial charge in [0, 0.05) is 27.8 Å². The maximum Gasteiger partial charge on any atom is 0.291 e. The van der Waals surface area contributed by atoms with E-state index in [0.29, 0.717) is 21.9 Å². The van der Waals surface area contributed by atoms with Gasteiger partial charge in [0.25, 0.3) is 5.56 Å². The van der Waals surface area contributed by atoms with Crippen molar-refractivity contribution in [1.82, 2.24) is 24.4 Å². The minimum absolute atomic E-state index is 0.195. The average Bonchev–Trinajstić information content (AvgIpc) is 3.74. The SMILES string of the molecule is CCCCCOc1ccc(-c2nc3sc(=Cc4cn(-c5ccccc5)nc4-c4ccc(SCCC)cc4)c(=O)n3n2)cc1. The van der Waals surface area contributed by atoms with Gasteiger partial charge in [0.15, 0.2) is 5.82 Å². The summed E-state index contributed by atoms with van der Waals surface area (Å²) < 4.78 is 9.63. The van der Waals surface area contributed by atoms with E-state index in [1.807, 2.05) is 83.3 Å². The van der Waals surface area contributed by atoms with Crippen molar-refractivity contribution in [3.63, 3.8) is 0 Å². The molecule has 0 fully saturated rings. The number of unbranched alkanes of at least 4 members (excludes halogenated alkanes) is 2. The monoisotopic (exact) mass is 607 g/mol. The van der Waals surface area contributed by atoms with Gasteiger partial charge in [0.1, 0.15) is 5.75 Å². The molecule has 9 heteroatoms. The van der Waals surface area contributed by atoms with E-state index >= 15 is 0 Å². The van der Waals surface area contributed by atoms with E-state index < -0.39 is 0 Å². The largest absolute Gasteiger partial charge is 0.494 e. The summed E-state index contributed by atoms with van der Waals surface area (Å²) in [5.41, 5.74) is 4.26. The third-order valence-electron chi connectivity index (χ3n) is 6.96. The first-order chi connectivity index (χ1) is 21.1. The Hall–Kier alpha value is -4.21. The van der Waals surface area contributed by atoms with E-state index in [1.54, 1.807) is 0 Å². The summed E-state index contributed by atoms with van der Waals surface area (Å²) in [5, 5.41) is 9.48. The van der Waals surface area contributed by atoms with Crippen LogP contribution >= 0.6 is 23.1 Å². The fourth-order valence-electron chi connectivity index (χ4n) is 4.70. The minimum Gasteiger partial charge on any atom is -0.494 e. The van der Waals surface area contributed by atoms with Crippen molar-refractivity contribution in [3.8, 4) is 34.1 Å². The summed E-state index contributed by atoms with van der Waals surface area (Å²) >= 11 is 3.18. The molecule has 218 valence electrons. The van der Waals surface area contributed by atoms with Crippen LogP contribution in [0.4, 0.5) is 0 Å². The molecule has 0 amide bonds. The zero-order valence-corrected chi connectivity index (χ0v) is 25.9. The lowest BCUT2D eigenvalue weighted by Gasteiger charge is -2.05. The number of hydrogen-bond acceptors (Lipinski definition) is 7. The Bertz CT molecular complexity index is 1910. The van der Waals surface area contributed by atoms with Gasteiger partial charge < -0.3 is 4.74 Å². The highest BCUT2D eigenvalue weighted by Crippen LogP contribution is 2.28. The van der Waals surface area contributed by atoms with E-state index in [9.17, 15) is 4.79 Å².